The van der Waals surface area contributed by atoms with E-state index in [1.165, 1.54) is 6.20 Å². The molecule has 0 radical (unpaired) electrons. The van der Waals surface area contributed by atoms with Crippen molar-refractivity contribution in [2.75, 3.05) is 5.32 Å². The summed E-state index contributed by atoms with van der Waals surface area (Å²) in [4.78, 5) is 18.3. The van der Waals surface area contributed by atoms with Crippen molar-refractivity contribution in [3.8, 4) is 0 Å². The van der Waals surface area contributed by atoms with Crippen molar-refractivity contribution >= 4 is 58.0 Å². The van der Waals surface area contributed by atoms with Gasteiger partial charge in [-0.25, -0.2) is 9.97 Å². The summed E-state index contributed by atoms with van der Waals surface area (Å²) in [7, 11) is 0. The van der Waals surface area contributed by atoms with Crippen LogP contribution in [0.1, 0.15) is 6.42 Å². The Morgan fingerprint density at radius 2 is 2.11 bits per heavy atom. The molecule has 1 aliphatic carbocycles. The Morgan fingerprint density at radius 1 is 1.37 bits per heavy atom. The highest BCUT2D eigenvalue weighted by atomic mass is 35.5. The Labute approximate surface area is 129 Å². The van der Waals surface area contributed by atoms with Gasteiger partial charge in [-0.05, 0) is 24.1 Å². The number of alkyl halides is 1. The number of nitrogens with zero attached hydrogens (tertiary/aromatic N) is 2. The molecule has 1 aromatic heterocycles. The Kier molecular flexibility index (Phi) is 4.36. The zero-order valence-corrected chi connectivity index (χ0v) is 12.4. The molecule has 100 valence electrons. The molecule has 0 saturated carbocycles. The molecule has 1 aliphatic rings. The van der Waals surface area contributed by atoms with Crippen LogP contribution in [-0.2, 0) is 4.79 Å². The van der Waals surface area contributed by atoms with Crippen LogP contribution in [0, 0.1) is 0 Å². The molecule has 0 fully saturated rings. The molecule has 0 aromatic carbocycles. The van der Waals surface area contributed by atoms with E-state index in [0.29, 0.717) is 0 Å². The highest BCUT2D eigenvalue weighted by Gasteiger charge is 2.39. The summed E-state index contributed by atoms with van der Waals surface area (Å²) in [6.07, 6.45) is 6.62. The molecule has 1 atom stereocenters. The average Bonchev–Trinajstić information content (AvgIpc) is 2.36. The van der Waals surface area contributed by atoms with Gasteiger partial charge < -0.3 is 5.32 Å². The summed E-state index contributed by atoms with van der Waals surface area (Å²) in [6, 6.07) is 0. The SMILES string of the molecule is O=C(Nc1cnc(Cl)nc1Cl)C1(Cl)CC=CC=C1Cl. The molecule has 1 heterocycles. The van der Waals surface area contributed by atoms with Gasteiger partial charge in [0.25, 0.3) is 5.91 Å². The number of carbonyl (C=O) groups is 1. The zero-order valence-electron chi connectivity index (χ0n) is 9.33. The molecule has 4 nitrogen and oxygen atoms in total. The lowest BCUT2D eigenvalue weighted by molar-refractivity contribution is -0.117. The number of hydrogen-bond acceptors (Lipinski definition) is 3. The van der Waals surface area contributed by atoms with E-state index < -0.39 is 10.8 Å². The maximum atomic E-state index is 12.2. The minimum Gasteiger partial charge on any atom is -0.320 e. The van der Waals surface area contributed by atoms with Crippen LogP contribution in [0.25, 0.3) is 0 Å². The third kappa shape index (κ3) is 3.03. The van der Waals surface area contributed by atoms with Crippen LogP contribution in [0.2, 0.25) is 10.4 Å². The number of hydrogen-bond donors (Lipinski definition) is 1. The third-order valence-corrected chi connectivity index (χ3v) is 4.02. The lowest BCUT2D eigenvalue weighted by Crippen LogP contribution is -2.38. The smallest absolute Gasteiger partial charge is 0.251 e. The first kappa shape index (κ1) is 14.6. The molecule has 0 bridgehead atoms. The molecule has 0 aliphatic heterocycles. The Hall–Kier alpha value is -0.810. The topological polar surface area (TPSA) is 54.9 Å². The van der Waals surface area contributed by atoms with E-state index >= 15 is 0 Å². The van der Waals surface area contributed by atoms with Crippen LogP contribution in [0.4, 0.5) is 5.69 Å². The molecule has 8 heteroatoms. The molecular formula is C11H7Cl4N3O. The normalized spacial score (nSPS) is 22.0. The number of carbonyl (C=O) groups excluding carboxylic acids is 1. The van der Waals surface area contributed by atoms with Crippen molar-refractivity contribution in [3.05, 3.63) is 39.9 Å². The van der Waals surface area contributed by atoms with E-state index in [1.54, 1.807) is 18.2 Å². The number of aromatic nitrogens is 2. The maximum absolute atomic E-state index is 12.2. The zero-order chi connectivity index (χ0) is 14.0. The second-order valence-corrected chi connectivity index (χ2v) is 5.49. The monoisotopic (exact) mass is 337 g/mol. The van der Waals surface area contributed by atoms with Crippen molar-refractivity contribution in [1.29, 1.82) is 0 Å². The summed E-state index contributed by atoms with van der Waals surface area (Å²) >= 11 is 23.6. The molecule has 19 heavy (non-hydrogen) atoms. The molecule has 1 unspecified atom stereocenters. The number of anilines is 1. The van der Waals surface area contributed by atoms with Gasteiger partial charge in [0, 0.05) is 5.03 Å². The lowest BCUT2D eigenvalue weighted by atomic mass is 9.98. The van der Waals surface area contributed by atoms with Crippen LogP contribution in [0.3, 0.4) is 0 Å². The first-order valence-corrected chi connectivity index (χ1v) is 6.66. The van der Waals surface area contributed by atoms with Gasteiger partial charge in [-0.3, -0.25) is 4.79 Å². The summed E-state index contributed by atoms with van der Waals surface area (Å²) in [5.41, 5.74) is 0.218. The summed E-state index contributed by atoms with van der Waals surface area (Å²) in [5.74, 6) is -0.507. The van der Waals surface area contributed by atoms with Crippen LogP contribution in [-0.4, -0.2) is 20.7 Å². The summed E-state index contributed by atoms with van der Waals surface area (Å²) < 4.78 is 0. The third-order valence-electron chi connectivity index (χ3n) is 2.48. The molecule has 1 aromatic rings. The summed E-state index contributed by atoms with van der Waals surface area (Å²) in [5, 5.41) is 2.78. The minimum atomic E-state index is -1.35. The van der Waals surface area contributed by atoms with E-state index in [9.17, 15) is 4.79 Å². The van der Waals surface area contributed by atoms with Gasteiger partial charge in [0.15, 0.2) is 10.0 Å². The predicted molar refractivity (Wildman–Crippen MR) is 77.0 cm³/mol. The Bertz CT molecular complexity index is 587. The highest BCUT2D eigenvalue weighted by molar-refractivity contribution is 6.48. The van der Waals surface area contributed by atoms with Crippen molar-refractivity contribution in [3.63, 3.8) is 0 Å². The fraction of sp³-hybridized carbons (Fsp3) is 0.182. The van der Waals surface area contributed by atoms with Crippen molar-refractivity contribution < 1.29 is 4.79 Å². The van der Waals surface area contributed by atoms with Crippen molar-refractivity contribution in [2.45, 2.75) is 11.3 Å². The minimum absolute atomic E-state index is 0.0119. The predicted octanol–water partition coefficient (Wildman–Crippen LogP) is 3.78. The second-order valence-electron chi connectivity index (χ2n) is 3.75. The van der Waals surface area contributed by atoms with Gasteiger partial charge in [0.2, 0.25) is 5.28 Å². The number of halogens is 4. The van der Waals surface area contributed by atoms with E-state index in [-0.39, 0.29) is 27.6 Å². The number of nitrogens with one attached hydrogen (secondary N) is 1. The molecule has 2 rings (SSSR count). The molecule has 1 amide bonds. The average molecular weight is 339 g/mol. The number of amides is 1. The summed E-state index contributed by atoms with van der Waals surface area (Å²) in [6.45, 7) is 0. The van der Waals surface area contributed by atoms with Gasteiger partial charge in [-0.15, -0.1) is 11.6 Å². The molecule has 0 saturated heterocycles. The van der Waals surface area contributed by atoms with E-state index in [2.05, 4.69) is 15.3 Å². The van der Waals surface area contributed by atoms with Crippen molar-refractivity contribution in [2.24, 2.45) is 0 Å². The van der Waals surface area contributed by atoms with E-state index in [4.69, 9.17) is 46.4 Å². The fourth-order valence-electron chi connectivity index (χ4n) is 1.46. The largest absolute Gasteiger partial charge is 0.320 e. The molecule has 0 spiro atoms. The highest BCUT2D eigenvalue weighted by Crippen LogP contribution is 2.36. The van der Waals surface area contributed by atoms with Gasteiger partial charge in [-0.2, -0.15) is 0 Å². The van der Waals surface area contributed by atoms with Gasteiger partial charge >= 0.3 is 0 Å². The van der Waals surface area contributed by atoms with E-state index in [1.807, 2.05) is 0 Å². The Balaban J connectivity index is 2.22. The van der Waals surface area contributed by atoms with E-state index in [0.717, 1.165) is 0 Å². The number of allylic oxidation sites excluding steroid dienone is 3. The van der Waals surface area contributed by atoms with Gasteiger partial charge in [0.05, 0.1) is 11.9 Å². The quantitative estimate of drug-likeness (QED) is 0.507. The fourth-order valence-corrected chi connectivity index (χ4v) is 2.25. The van der Waals surface area contributed by atoms with Crippen LogP contribution < -0.4 is 5.32 Å². The van der Waals surface area contributed by atoms with Crippen LogP contribution in [0.5, 0.6) is 0 Å². The molecular weight excluding hydrogens is 332 g/mol. The van der Waals surface area contributed by atoms with Gasteiger partial charge in [0.1, 0.15) is 0 Å². The van der Waals surface area contributed by atoms with Crippen LogP contribution in [0.15, 0.2) is 29.5 Å². The standard InChI is InChI=1S/C11H7Cl4N3O/c12-7-3-1-2-4-11(7,15)9(19)17-6-5-16-10(14)18-8(6)13/h1-3,5H,4H2,(H,17,19). The Morgan fingerprint density at radius 3 is 2.74 bits per heavy atom. The first-order chi connectivity index (χ1) is 8.93. The maximum Gasteiger partial charge on any atom is 0.251 e. The van der Waals surface area contributed by atoms with Crippen molar-refractivity contribution in [1.82, 2.24) is 9.97 Å². The van der Waals surface area contributed by atoms with Gasteiger partial charge in [-0.1, -0.05) is 35.4 Å². The molecule has 1 N–H and O–H groups in total. The number of rotatable bonds is 2. The van der Waals surface area contributed by atoms with Crippen LogP contribution >= 0.6 is 46.4 Å². The first-order valence-electron chi connectivity index (χ1n) is 5.14. The lowest BCUT2D eigenvalue weighted by Gasteiger charge is -2.26. The second kappa shape index (κ2) is 5.67.